The van der Waals surface area contributed by atoms with E-state index in [1.54, 1.807) is 60.7 Å². The Morgan fingerprint density at radius 2 is 0.897 bits per heavy atom. The van der Waals surface area contributed by atoms with Crippen LogP contribution in [0.4, 0.5) is 11.4 Å². The van der Waals surface area contributed by atoms with Crippen LogP contribution in [0.2, 0.25) is 0 Å². The van der Waals surface area contributed by atoms with Crippen LogP contribution in [0.15, 0.2) is 97.1 Å². The Bertz CT molecular complexity index is 1400. The third-order valence-electron chi connectivity index (χ3n) is 5.98. The molecular formula is C31H24N2O6-2. The lowest BCUT2D eigenvalue weighted by atomic mass is 9.99. The van der Waals surface area contributed by atoms with Crippen LogP contribution in [0.5, 0.6) is 0 Å². The number of hydrogen-bond acceptors (Lipinski definition) is 6. The highest BCUT2D eigenvalue weighted by Gasteiger charge is 2.13. The highest BCUT2D eigenvalue weighted by Crippen LogP contribution is 2.23. The average Bonchev–Trinajstić information content (AvgIpc) is 2.91. The number of amides is 2. The van der Waals surface area contributed by atoms with Gasteiger partial charge in [0.2, 0.25) is 11.8 Å². The van der Waals surface area contributed by atoms with Crippen molar-refractivity contribution >= 4 is 35.1 Å². The highest BCUT2D eigenvalue weighted by molar-refractivity contribution is 6.01. The Kier molecular flexibility index (Phi) is 8.48. The fourth-order valence-electron chi connectivity index (χ4n) is 4.15. The Balaban J connectivity index is 1.48. The zero-order chi connectivity index (χ0) is 27.8. The van der Waals surface area contributed by atoms with Crippen LogP contribution in [0.1, 0.15) is 43.0 Å². The van der Waals surface area contributed by atoms with Crippen molar-refractivity contribution in [3.05, 3.63) is 130 Å². The van der Waals surface area contributed by atoms with Crippen LogP contribution in [0.25, 0.3) is 0 Å². The molecule has 0 spiro atoms. The number of carbonyl (C=O) groups is 4. The van der Waals surface area contributed by atoms with Gasteiger partial charge in [-0.15, -0.1) is 0 Å². The summed E-state index contributed by atoms with van der Waals surface area (Å²) in [6.07, 6.45) is 0.349. The molecule has 0 aromatic heterocycles. The maximum Gasteiger partial charge on any atom is 0.228 e. The minimum Gasteiger partial charge on any atom is -0.545 e. The fourth-order valence-corrected chi connectivity index (χ4v) is 4.15. The van der Waals surface area contributed by atoms with Crippen LogP contribution in [-0.4, -0.2) is 23.8 Å². The van der Waals surface area contributed by atoms with Gasteiger partial charge in [0.1, 0.15) is 0 Å². The van der Waals surface area contributed by atoms with Gasteiger partial charge < -0.3 is 30.4 Å². The Labute approximate surface area is 224 Å². The molecule has 0 radical (unpaired) electrons. The minimum absolute atomic E-state index is 0.0787. The van der Waals surface area contributed by atoms with Crippen LogP contribution >= 0.6 is 0 Å². The molecule has 8 heteroatoms. The van der Waals surface area contributed by atoms with Gasteiger partial charge in [-0.05, 0) is 52.9 Å². The molecule has 0 fully saturated rings. The van der Waals surface area contributed by atoms with Gasteiger partial charge in [-0.3, -0.25) is 9.59 Å². The summed E-state index contributed by atoms with van der Waals surface area (Å²) in [6, 6.07) is 27.0. The van der Waals surface area contributed by atoms with Gasteiger partial charge in [-0.1, -0.05) is 72.8 Å². The minimum atomic E-state index is -1.46. The Morgan fingerprint density at radius 1 is 0.513 bits per heavy atom. The molecule has 0 saturated heterocycles. The van der Waals surface area contributed by atoms with E-state index in [0.717, 1.165) is 11.1 Å². The summed E-state index contributed by atoms with van der Waals surface area (Å²) in [5.74, 6) is -3.67. The molecule has 2 amide bonds. The van der Waals surface area contributed by atoms with E-state index in [0.29, 0.717) is 11.1 Å². The number of benzene rings is 4. The van der Waals surface area contributed by atoms with Crippen molar-refractivity contribution in [3.8, 4) is 0 Å². The van der Waals surface area contributed by atoms with Crippen molar-refractivity contribution in [1.82, 2.24) is 0 Å². The molecule has 0 unspecified atom stereocenters. The van der Waals surface area contributed by atoms with Crippen molar-refractivity contribution in [1.29, 1.82) is 0 Å². The van der Waals surface area contributed by atoms with E-state index in [2.05, 4.69) is 10.6 Å². The molecule has 0 bridgehead atoms. The molecule has 0 aliphatic rings. The molecule has 0 saturated carbocycles. The monoisotopic (exact) mass is 520 g/mol. The van der Waals surface area contributed by atoms with E-state index in [9.17, 15) is 29.4 Å². The Morgan fingerprint density at radius 3 is 1.26 bits per heavy atom. The number of carboxylic acids is 2. The number of nitrogens with one attached hydrogen (secondary N) is 2. The molecule has 39 heavy (non-hydrogen) atoms. The summed E-state index contributed by atoms with van der Waals surface area (Å²) < 4.78 is 0. The second-order valence-corrected chi connectivity index (χ2v) is 8.93. The second kappa shape index (κ2) is 12.3. The first-order valence-corrected chi connectivity index (χ1v) is 12.1. The number of carboxylic acid groups (broad SMARTS) is 2. The first-order valence-electron chi connectivity index (χ1n) is 12.1. The lowest BCUT2D eigenvalue weighted by Crippen LogP contribution is -2.26. The molecule has 4 aromatic rings. The van der Waals surface area contributed by atoms with Crippen LogP contribution in [0.3, 0.4) is 0 Å². The van der Waals surface area contributed by atoms with Crippen LogP contribution in [0, 0.1) is 0 Å². The largest absolute Gasteiger partial charge is 0.545 e. The molecular weight excluding hydrogens is 496 g/mol. The maximum atomic E-state index is 12.4. The summed E-state index contributed by atoms with van der Waals surface area (Å²) in [7, 11) is 0. The number of aromatic carboxylic acids is 2. The standard InChI is InChI=1S/C31H26N2O6/c34-28(18-20-7-3-1-4-8-20)32-26-13-11-22(16-24(26)30(36)37)15-23-12-14-27(25(17-23)31(38)39)33-29(35)19-21-9-5-2-6-10-21/h1-14,16-17H,15,18-19H2,(H,32,34)(H,33,35)(H,36,37)(H,38,39)/p-2. The van der Waals surface area contributed by atoms with Crippen LogP contribution < -0.4 is 20.8 Å². The summed E-state index contributed by atoms with van der Waals surface area (Å²) in [6.45, 7) is 0. The fraction of sp³-hybridized carbons (Fsp3) is 0.0968. The second-order valence-electron chi connectivity index (χ2n) is 8.93. The van der Waals surface area contributed by atoms with Crippen molar-refractivity contribution in [2.75, 3.05) is 10.6 Å². The molecule has 2 N–H and O–H groups in total. The first-order chi connectivity index (χ1) is 18.8. The molecule has 0 heterocycles. The molecule has 196 valence electrons. The average molecular weight is 521 g/mol. The van der Waals surface area contributed by atoms with E-state index in [4.69, 9.17) is 0 Å². The van der Waals surface area contributed by atoms with Gasteiger partial charge in [0.15, 0.2) is 0 Å². The Hall–Kier alpha value is -5.24. The summed E-state index contributed by atoms with van der Waals surface area (Å²) >= 11 is 0. The maximum absolute atomic E-state index is 12.4. The zero-order valence-electron chi connectivity index (χ0n) is 20.8. The molecule has 0 aliphatic carbocycles. The van der Waals surface area contributed by atoms with E-state index in [-0.39, 0.29) is 53.6 Å². The predicted octanol–water partition coefficient (Wildman–Crippen LogP) is 2.37. The van der Waals surface area contributed by atoms with E-state index in [1.807, 2.05) is 12.1 Å². The van der Waals surface area contributed by atoms with Gasteiger partial charge in [-0.2, -0.15) is 0 Å². The molecule has 0 atom stereocenters. The molecule has 8 nitrogen and oxygen atoms in total. The van der Waals surface area contributed by atoms with Crippen molar-refractivity contribution in [2.45, 2.75) is 19.3 Å². The SMILES string of the molecule is O=C(Cc1ccccc1)Nc1ccc(Cc2ccc(NC(=O)Cc3ccccc3)c(C(=O)[O-])c2)cc1C(=O)[O-]. The number of anilines is 2. The number of hydrogen-bond donors (Lipinski definition) is 2. The van der Waals surface area contributed by atoms with E-state index >= 15 is 0 Å². The van der Waals surface area contributed by atoms with Gasteiger partial charge in [0, 0.05) is 22.5 Å². The number of rotatable bonds is 10. The van der Waals surface area contributed by atoms with Gasteiger partial charge in [0.25, 0.3) is 0 Å². The summed E-state index contributed by atoms with van der Waals surface area (Å²) in [5, 5.41) is 28.8. The predicted molar refractivity (Wildman–Crippen MR) is 142 cm³/mol. The zero-order valence-corrected chi connectivity index (χ0v) is 20.8. The van der Waals surface area contributed by atoms with Crippen LogP contribution in [-0.2, 0) is 28.9 Å². The lowest BCUT2D eigenvalue weighted by molar-refractivity contribution is -0.256. The lowest BCUT2D eigenvalue weighted by Gasteiger charge is -2.16. The third kappa shape index (κ3) is 7.39. The van der Waals surface area contributed by atoms with Gasteiger partial charge in [-0.25, -0.2) is 0 Å². The molecule has 4 aromatic carbocycles. The van der Waals surface area contributed by atoms with Gasteiger partial charge >= 0.3 is 0 Å². The quantitative estimate of drug-likeness (QED) is 0.329. The van der Waals surface area contributed by atoms with E-state index < -0.39 is 11.9 Å². The first kappa shape index (κ1) is 26.8. The topological polar surface area (TPSA) is 138 Å². The third-order valence-corrected chi connectivity index (χ3v) is 5.98. The number of carbonyl (C=O) groups excluding carboxylic acids is 4. The summed E-state index contributed by atoms with van der Waals surface area (Å²) in [4.78, 5) is 48.5. The van der Waals surface area contributed by atoms with Crippen molar-refractivity contribution in [2.24, 2.45) is 0 Å². The van der Waals surface area contributed by atoms with Gasteiger partial charge in [0.05, 0.1) is 24.8 Å². The van der Waals surface area contributed by atoms with Crippen molar-refractivity contribution < 1.29 is 29.4 Å². The highest BCUT2D eigenvalue weighted by atomic mass is 16.4. The molecule has 4 rings (SSSR count). The summed E-state index contributed by atoms with van der Waals surface area (Å²) in [5.41, 5.74) is 2.49. The molecule has 0 aliphatic heterocycles. The smallest absolute Gasteiger partial charge is 0.228 e. The normalized spacial score (nSPS) is 10.5. The van der Waals surface area contributed by atoms with E-state index in [1.165, 1.54) is 24.3 Å². The van der Waals surface area contributed by atoms with Crippen molar-refractivity contribution in [3.63, 3.8) is 0 Å².